The van der Waals surface area contributed by atoms with Crippen molar-refractivity contribution in [3.05, 3.63) is 12.0 Å². The maximum absolute atomic E-state index is 10.7. The van der Waals surface area contributed by atoms with Crippen LogP contribution >= 0.6 is 0 Å². The highest BCUT2D eigenvalue weighted by atomic mass is 16.7. The Kier molecular flexibility index (Phi) is 2.92. The summed E-state index contributed by atoms with van der Waals surface area (Å²) in [6.07, 6.45) is 2.25. The van der Waals surface area contributed by atoms with Crippen LogP contribution in [0.2, 0.25) is 0 Å². The molecule has 1 rings (SSSR count). The van der Waals surface area contributed by atoms with Crippen molar-refractivity contribution in [1.82, 2.24) is 0 Å². The monoisotopic (exact) mass is 158 g/mol. The van der Waals surface area contributed by atoms with Gasteiger partial charge in [0.05, 0.1) is 6.61 Å². The number of carbonyl (C=O) groups excluding carboxylic acids is 1. The molecule has 0 aromatic rings. The molecule has 1 aliphatic heterocycles. The van der Waals surface area contributed by atoms with E-state index < -0.39 is 5.97 Å². The van der Waals surface area contributed by atoms with Crippen molar-refractivity contribution < 1.29 is 19.0 Å². The zero-order valence-electron chi connectivity index (χ0n) is 6.33. The third-order valence-corrected chi connectivity index (χ3v) is 1.06. The normalized spacial score (nSPS) is 13.4. The van der Waals surface area contributed by atoms with Crippen LogP contribution in [0, 0.1) is 0 Å². The lowest BCUT2D eigenvalue weighted by Gasteiger charge is -2.00. The molecule has 0 N–H and O–H groups in total. The quantitative estimate of drug-likeness (QED) is 0.337. The summed E-state index contributed by atoms with van der Waals surface area (Å²) in [5, 5.41) is 0. The van der Waals surface area contributed by atoms with Crippen molar-refractivity contribution in [2.45, 2.75) is 13.3 Å². The van der Waals surface area contributed by atoms with Crippen LogP contribution in [-0.4, -0.2) is 19.4 Å². The molecule has 0 fully saturated rings. The van der Waals surface area contributed by atoms with Crippen LogP contribution in [0.5, 0.6) is 0 Å². The van der Waals surface area contributed by atoms with Crippen molar-refractivity contribution >= 4 is 5.97 Å². The molecule has 0 unspecified atom stereocenters. The van der Waals surface area contributed by atoms with Gasteiger partial charge in [-0.2, -0.15) is 0 Å². The van der Waals surface area contributed by atoms with E-state index in [9.17, 15) is 4.79 Å². The summed E-state index contributed by atoms with van der Waals surface area (Å²) in [5.74, 6) is -0.189. The highest BCUT2D eigenvalue weighted by Gasteiger charge is 2.21. The number of hydrogen-bond donors (Lipinski definition) is 0. The van der Waals surface area contributed by atoms with Crippen LogP contribution in [0.4, 0.5) is 0 Å². The zero-order chi connectivity index (χ0) is 8.10. The first-order valence-electron chi connectivity index (χ1n) is 3.46. The van der Waals surface area contributed by atoms with E-state index in [0.29, 0.717) is 6.61 Å². The smallest absolute Gasteiger partial charge is 0.379 e. The van der Waals surface area contributed by atoms with Gasteiger partial charge >= 0.3 is 5.97 Å². The van der Waals surface area contributed by atoms with Gasteiger partial charge in [0.1, 0.15) is 6.26 Å². The van der Waals surface area contributed by atoms with Gasteiger partial charge in [-0.1, -0.05) is 6.92 Å². The highest BCUT2D eigenvalue weighted by Crippen LogP contribution is 2.14. The van der Waals surface area contributed by atoms with Crippen molar-refractivity contribution in [2.24, 2.45) is 0 Å². The Morgan fingerprint density at radius 1 is 1.73 bits per heavy atom. The van der Waals surface area contributed by atoms with Gasteiger partial charge in [-0.25, -0.2) is 4.79 Å². The van der Waals surface area contributed by atoms with Crippen LogP contribution in [-0.2, 0) is 19.0 Å². The second-order valence-corrected chi connectivity index (χ2v) is 2.06. The molecular weight excluding hydrogens is 148 g/mol. The predicted octanol–water partition coefficient (Wildman–Crippen LogP) is 0.785. The maximum atomic E-state index is 10.7. The van der Waals surface area contributed by atoms with Crippen LogP contribution in [0.25, 0.3) is 0 Å². The molecule has 0 aromatic carbocycles. The average Bonchev–Trinajstić information content (AvgIpc) is 2.79. The molecule has 4 heteroatoms. The first-order chi connectivity index (χ1) is 5.34. The molecule has 62 valence electrons. The largest absolute Gasteiger partial charge is 0.450 e. The summed E-state index contributed by atoms with van der Waals surface area (Å²) >= 11 is 0. The van der Waals surface area contributed by atoms with Crippen molar-refractivity contribution in [3.8, 4) is 0 Å². The lowest BCUT2D eigenvalue weighted by atomic mass is 10.5. The minimum absolute atomic E-state index is 0.00731. The summed E-state index contributed by atoms with van der Waals surface area (Å²) in [4.78, 5) is 10.7. The number of ether oxygens (including phenoxy) is 3. The van der Waals surface area contributed by atoms with E-state index in [0.717, 1.165) is 6.42 Å². The fraction of sp³-hybridized carbons (Fsp3) is 0.571. The standard InChI is InChI=1S/C7H10O4/c1-2-3-9-5-11-7(8)6-4-10-6/h4H,2-3,5H2,1H3. The minimum Gasteiger partial charge on any atom is -0.450 e. The van der Waals surface area contributed by atoms with Crippen molar-refractivity contribution in [1.29, 1.82) is 0 Å². The van der Waals surface area contributed by atoms with Gasteiger partial charge in [-0.3, -0.25) is 0 Å². The van der Waals surface area contributed by atoms with Gasteiger partial charge in [0.15, 0.2) is 6.79 Å². The van der Waals surface area contributed by atoms with Gasteiger partial charge in [-0.05, 0) is 6.42 Å². The summed E-state index contributed by atoms with van der Waals surface area (Å²) in [7, 11) is 0. The Balaban J connectivity index is 1.94. The minimum atomic E-state index is -0.457. The number of carbonyl (C=O) groups is 1. The molecule has 0 spiro atoms. The maximum Gasteiger partial charge on any atom is 0.379 e. The van der Waals surface area contributed by atoms with Crippen LogP contribution in [0.15, 0.2) is 12.0 Å². The molecule has 0 saturated heterocycles. The van der Waals surface area contributed by atoms with E-state index in [-0.39, 0.29) is 12.6 Å². The zero-order valence-corrected chi connectivity index (χ0v) is 6.33. The first kappa shape index (κ1) is 8.07. The topological polar surface area (TPSA) is 48.1 Å². The molecule has 0 aliphatic carbocycles. The molecule has 4 nitrogen and oxygen atoms in total. The van der Waals surface area contributed by atoms with Crippen LogP contribution in [0.1, 0.15) is 13.3 Å². The van der Waals surface area contributed by atoms with Crippen molar-refractivity contribution in [2.75, 3.05) is 13.4 Å². The van der Waals surface area contributed by atoms with Crippen LogP contribution in [0.3, 0.4) is 0 Å². The Morgan fingerprint density at radius 2 is 2.45 bits per heavy atom. The van der Waals surface area contributed by atoms with E-state index in [1.54, 1.807) is 0 Å². The van der Waals surface area contributed by atoms with Crippen LogP contribution < -0.4 is 0 Å². The van der Waals surface area contributed by atoms with E-state index in [1.807, 2.05) is 6.92 Å². The van der Waals surface area contributed by atoms with Gasteiger partial charge < -0.3 is 14.2 Å². The fourth-order valence-corrected chi connectivity index (χ4v) is 0.495. The SMILES string of the molecule is CCCOCOC(=O)C1=CO1. The highest BCUT2D eigenvalue weighted by molar-refractivity contribution is 5.88. The van der Waals surface area contributed by atoms with E-state index in [1.165, 1.54) is 6.26 Å². The number of rotatable bonds is 5. The number of hydrogen-bond acceptors (Lipinski definition) is 4. The fourth-order valence-electron chi connectivity index (χ4n) is 0.495. The Morgan fingerprint density at radius 3 is 3.00 bits per heavy atom. The Bertz CT molecular complexity index is 173. The average molecular weight is 158 g/mol. The molecule has 0 radical (unpaired) electrons. The second kappa shape index (κ2) is 3.98. The third kappa shape index (κ3) is 3.04. The van der Waals surface area contributed by atoms with Gasteiger partial charge in [-0.15, -0.1) is 0 Å². The van der Waals surface area contributed by atoms with E-state index in [4.69, 9.17) is 4.74 Å². The summed E-state index contributed by atoms with van der Waals surface area (Å²) < 4.78 is 14.0. The second-order valence-electron chi connectivity index (χ2n) is 2.06. The van der Waals surface area contributed by atoms with Gasteiger partial charge in [0.2, 0.25) is 5.76 Å². The molecule has 1 aliphatic rings. The predicted molar refractivity (Wildman–Crippen MR) is 36.4 cm³/mol. The lowest BCUT2D eigenvalue weighted by molar-refractivity contribution is -0.152. The van der Waals surface area contributed by atoms with Gasteiger partial charge in [0, 0.05) is 0 Å². The number of esters is 1. The molecule has 0 bridgehead atoms. The molecule has 0 amide bonds. The molecule has 0 saturated carbocycles. The Labute approximate surface area is 64.7 Å². The summed E-state index contributed by atoms with van der Waals surface area (Å²) in [6, 6.07) is 0. The molecule has 0 aromatic heterocycles. The summed E-state index contributed by atoms with van der Waals surface area (Å²) in [5.41, 5.74) is 0. The van der Waals surface area contributed by atoms with E-state index in [2.05, 4.69) is 9.47 Å². The first-order valence-corrected chi connectivity index (χ1v) is 3.46. The van der Waals surface area contributed by atoms with Gasteiger partial charge in [0.25, 0.3) is 0 Å². The van der Waals surface area contributed by atoms with Crippen molar-refractivity contribution in [3.63, 3.8) is 0 Å². The summed E-state index contributed by atoms with van der Waals surface area (Å²) in [6.45, 7) is 2.59. The van der Waals surface area contributed by atoms with E-state index >= 15 is 0 Å². The Hall–Kier alpha value is -1.03. The molecular formula is C7H10O4. The molecule has 0 atom stereocenters. The molecule has 1 heterocycles. The lowest BCUT2D eigenvalue weighted by Crippen LogP contribution is -2.07. The third-order valence-electron chi connectivity index (χ3n) is 1.06. The molecule has 11 heavy (non-hydrogen) atoms.